The normalized spacial score (nSPS) is 11.6. The molecule has 2 aromatic carbocycles. The van der Waals surface area contributed by atoms with Gasteiger partial charge < -0.3 is 9.15 Å². The second-order valence-corrected chi connectivity index (χ2v) is 8.48. The molecule has 0 radical (unpaired) electrons. The van der Waals surface area contributed by atoms with Gasteiger partial charge in [0.25, 0.3) is 5.91 Å². The standard InChI is InChI=1S/C23H23BrN2O3/c1-23(2,3)17-6-10-19(11-7-17)28-15-22(27)26-25-14-20-12-13-21(29-20)16-4-8-18(24)9-5-16/h4-14H,15H2,1-3H3,(H,26,27). The van der Waals surface area contributed by atoms with Gasteiger partial charge in [-0.25, -0.2) is 5.43 Å². The minimum Gasteiger partial charge on any atom is -0.484 e. The third-order valence-electron chi connectivity index (χ3n) is 4.23. The summed E-state index contributed by atoms with van der Waals surface area (Å²) in [6.07, 6.45) is 1.46. The van der Waals surface area contributed by atoms with Crippen molar-refractivity contribution >= 4 is 28.1 Å². The van der Waals surface area contributed by atoms with E-state index in [1.54, 1.807) is 6.07 Å². The van der Waals surface area contributed by atoms with Crippen LogP contribution in [0.3, 0.4) is 0 Å². The molecule has 6 heteroatoms. The van der Waals surface area contributed by atoms with E-state index in [0.29, 0.717) is 11.5 Å². The maximum atomic E-state index is 11.9. The number of nitrogens with zero attached hydrogens (tertiary/aromatic N) is 1. The molecular formula is C23H23BrN2O3. The zero-order chi connectivity index (χ0) is 20.9. The van der Waals surface area contributed by atoms with E-state index in [2.05, 4.69) is 47.2 Å². The van der Waals surface area contributed by atoms with Gasteiger partial charge in [-0.2, -0.15) is 5.10 Å². The third-order valence-corrected chi connectivity index (χ3v) is 4.76. The van der Waals surface area contributed by atoms with Crippen LogP contribution in [0.15, 0.2) is 74.7 Å². The summed E-state index contributed by atoms with van der Waals surface area (Å²) in [6.45, 7) is 6.33. The lowest BCUT2D eigenvalue weighted by molar-refractivity contribution is -0.123. The maximum Gasteiger partial charge on any atom is 0.277 e. The molecule has 3 rings (SSSR count). The Morgan fingerprint density at radius 3 is 2.41 bits per heavy atom. The number of carbonyl (C=O) groups is 1. The molecule has 0 bridgehead atoms. The van der Waals surface area contributed by atoms with Crippen LogP contribution in [0.2, 0.25) is 0 Å². The average Bonchev–Trinajstić information content (AvgIpc) is 3.15. The lowest BCUT2D eigenvalue weighted by Gasteiger charge is -2.19. The van der Waals surface area contributed by atoms with Gasteiger partial charge in [-0.1, -0.05) is 61.0 Å². The first kappa shape index (κ1) is 20.9. The molecule has 1 aromatic heterocycles. The number of nitrogens with one attached hydrogen (secondary N) is 1. The molecule has 0 atom stereocenters. The van der Waals surface area contributed by atoms with Crippen LogP contribution in [-0.2, 0) is 10.2 Å². The first-order valence-electron chi connectivity index (χ1n) is 9.22. The number of amides is 1. The fourth-order valence-electron chi connectivity index (χ4n) is 2.59. The highest BCUT2D eigenvalue weighted by Gasteiger charge is 2.13. The SMILES string of the molecule is CC(C)(C)c1ccc(OCC(=O)NN=Cc2ccc(-c3ccc(Br)cc3)o2)cc1. The molecule has 0 aliphatic rings. The van der Waals surface area contributed by atoms with E-state index >= 15 is 0 Å². The summed E-state index contributed by atoms with van der Waals surface area (Å²) in [6, 6.07) is 19.2. The fraction of sp³-hybridized carbons (Fsp3) is 0.217. The van der Waals surface area contributed by atoms with Gasteiger partial charge in [-0.15, -0.1) is 0 Å². The topological polar surface area (TPSA) is 63.8 Å². The molecule has 0 unspecified atom stereocenters. The van der Waals surface area contributed by atoms with Crippen LogP contribution in [0, 0.1) is 0 Å². The number of benzene rings is 2. The van der Waals surface area contributed by atoms with Crippen molar-refractivity contribution in [3.8, 4) is 17.1 Å². The van der Waals surface area contributed by atoms with Gasteiger partial charge in [-0.05, 0) is 47.4 Å². The van der Waals surface area contributed by atoms with E-state index in [4.69, 9.17) is 9.15 Å². The first-order chi connectivity index (χ1) is 13.8. The predicted octanol–water partition coefficient (Wildman–Crippen LogP) is 5.54. The summed E-state index contributed by atoms with van der Waals surface area (Å²) in [4.78, 5) is 11.9. The molecule has 1 amide bonds. The van der Waals surface area contributed by atoms with Crippen LogP contribution in [0.25, 0.3) is 11.3 Å². The zero-order valence-corrected chi connectivity index (χ0v) is 18.2. The zero-order valence-electron chi connectivity index (χ0n) is 16.6. The molecule has 0 aliphatic carbocycles. The minimum atomic E-state index is -0.346. The van der Waals surface area contributed by atoms with Crippen molar-refractivity contribution in [2.24, 2.45) is 5.10 Å². The lowest BCUT2D eigenvalue weighted by Crippen LogP contribution is -2.24. The summed E-state index contributed by atoms with van der Waals surface area (Å²) in [5.41, 5.74) is 4.68. The highest BCUT2D eigenvalue weighted by Crippen LogP contribution is 2.24. The van der Waals surface area contributed by atoms with Crippen molar-refractivity contribution in [3.05, 3.63) is 76.5 Å². The lowest BCUT2D eigenvalue weighted by atomic mass is 9.87. The van der Waals surface area contributed by atoms with Crippen LogP contribution in [-0.4, -0.2) is 18.7 Å². The van der Waals surface area contributed by atoms with Gasteiger partial charge in [0.05, 0.1) is 6.21 Å². The van der Waals surface area contributed by atoms with E-state index in [0.717, 1.165) is 15.8 Å². The van der Waals surface area contributed by atoms with Crippen molar-refractivity contribution in [2.75, 3.05) is 6.61 Å². The third kappa shape index (κ3) is 6.06. The molecule has 1 N–H and O–H groups in total. The predicted molar refractivity (Wildman–Crippen MR) is 118 cm³/mol. The Bertz CT molecular complexity index is 984. The van der Waals surface area contributed by atoms with Crippen LogP contribution in [0.1, 0.15) is 32.1 Å². The maximum absolute atomic E-state index is 11.9. The van der Waals surface area contributed by atoms with Gasteiger partial charge in [0.15, 0.2) is 6.61 Å². The number of halogens is 1. The molecule has 3 aromatic rings. The van der Waals surface area contributed by atoms with Crippen LogP contribution < -0.4 is 10.2 Å². The van der Waals surface area contributed by atoms with Crippen molar-refractivity contribution in [1.82, 2.24) is 5.43 Å². The summed E-state index contributed by atoms with van der Waals surface area (Å²) in [5, 5.41) is 3.92. The number of furan rings is 1. The number of hydrogen-bond acceptors (Lipinski definition) is 4. The fourth-order valence-corrected chi connectivity index (χ4v) is 2.86. The number of rotatable bonds is 6. The van der Waals surface area contributed by atoms with E-state index in [9.17, 15) is 4.79 Å². The van der Waals surface area contributed by atoms with Crippen molar-refractivity contribution in [2.45, 2.75) is 26.2 Å². The largest absolute Gasteiger partial charge is 0.484 e. The summed E-state index contributed by atoms with van der Waals surface area (Å²) in [7, 11) is 0. The highest BCUT2D eigenvalue weighted by molar-refractivity contribution is 9.10. The summed E-state index contributed by atoms with van der Waals surface area (Å²) in [5.74, 6) is 1.57. The van der Waals surface area contributed by atoms with Crippen molar-refractivity contribution in [1.29, 1.82) is 0 Å². The average molecular weight is 455 g/mol. The van der Waals surface area contributed by atoms with Gasteiger partial charge in [0.2, 0.25) is 0 Å². The second-order valence-electron chi connectivity index (χ2n) is 7.57. The first-order valence-corrected chi connectivity index (χ1v) is 10.0. The Morgan fingerprint density at radius 2 is 1.76 bits per heavy atom. The Labute approximate surface area is 178 Å². The Kier molecular flexibility index (Phi) is 6.54. The molecule has 0 aliphatic heterocycles. The molecule has 150 valence electrons. The van der Waals surface area contributed by atoms with Crippen molar-refractivity contribution in [3.63, 3.8) is 0 Å². The number of ether oxygens (including phenoxy) is 1. The van der Waals surface area contributed by atoms with Crippen LogP contribution >= 0.6 is 15.9 Å². The van der Waals surface area contributed by atoms with E-state index in [-0.39, 0.29) is 17.9 Å². The van der Waals surface area contributed by atoms with E-state index in [1.165, 1.54) is 11.8 Å². The Hall–Kier alpha value is -2.86. The number of hydrogen-bond donors (Lipinski definition) is 1. The smallest absolute Gasteiger partial charge is 0.277 e. The van der Waals surface area contributed by atoms with Crippen LogP contribution in [0.4, 0.5) is 0 Å². The number of carbonyl (C=O) groups excluding carboxylic acids is 1. The monoisotopic (exact) mass is 454 g/mol. The quantitative estimate of drug-likeness (QED) is 0.392. The van der Waals surface area contributed by atoms with Gasteiger partial charge in [0, 0.05) is 10.0 Å². The number of hydrazone groups is 1. The van der Waals surface area contributed by atoms with Gasteiger partial charge in [0.1, 0.15) is 17.3 Å². The second kappa shape index (κ2) is 9.09. The molecule has 29 heavy (non-hydrogen) atoms. The molecule has 0 fully saturated rings. The summed E-state index contributed by atoms with van der Waals surface area (Å²) < 4.78 is 12.2. The van der Waals surface area contributed by atoms with Crippen LogP contribution in [0.5, 0.6) is 5.75 Å². The van der Waals surface area contributed by atoms with Gasteiger partial charge >= 0.3 is 0 Å². The molecule has 0 saturated heterocycles. The van der Waals surface area contributed by atoms with E-state index < -0.39 is 0 Å². The van der Waals surface area contributed by atoms with Gasteiger partial charge in [-0.3, -0.25) is 4.79 Å². The highest BCUT2D eigenvalue weighted by atomic mass is 79.9. The van der Waals surface area contributed by atoms with E-state index in [1.807, 2.05) is 54.6 Å². The molecule has 1 heterocycles. The Balaban J connectivity index is 1.48. The Morgan fingerprint density at radius 1 is 1.07 bits per heavy atom. The van der Waals surface area contributed by atoms with Crippen molar-refractivity contribution < 1.29 is 13.9 Å². The molecule has 0 saturated carbocycles. The summed E-state index contributed by atoms with van der Waals surface area (Å²) >= 11 is 3.41. The molecule has 0 spiro atoms. The molecule has 5 nitrogen and oxygen atoms in total. The molecular weight excluding hydrogens is 432 g/mol. The minimum absolute atomic E-state index is 0.0771.